The first-order chi connectivity index (χ1) is 5.79. The fourth-order valence-electron chi connectivity index (χ4n) is 0.957. The Labute approximate surface area is 72.0 Å². The van der Waals surface area contributed by atoms with Crippen molar-refractivity contribution in [2.75, 3.05) is 0 Å². The summed E-state index contributed by atoms with van der Waals surface area (Å²) >= 11 is 0. The fourth-order valence-corrected chi connectivity index (χ4v) is 0.957. The molecule has 1 nitrogen and oxygen atoms in total. The molecule has 0 aliphatic carbocycles. The van der Waals surface area contributed by atoms with Gasteiger partial charge in [0.25, 0.3) is 0 Å². The lowest BCUT2D eigenvalue weighted by Gasteiger charge is -2.05. The molecule has 12 heavy (non-hydrogen) atoms. The Morgan fingerprint density at radius 2 is 1.92 bits per heavy atom. The molecule has 1 unspecified atom stereocenters. The number of hydrogen-bond donors (Lipinski definition) is 1. The van der Waals surface area contributed by atoms with Gasteiger partial charge in [-0.2, -0.15) is 0 Å². The number of rotatable bonds is 1. The number of benzene rings is 1. The van der Waals surface area contributed by atoms with Crippen LogP contribution in [-0.4, -0.2) is 5.11 Å². The highest BCUT2D eigenvalue weighted by atomic mass is 16.3. The van der Waals surface area contributed by atoms with Crippen molar-refractivity contribution in [3.63, 3.8) is 0 Å². The fraction of sp³-hybridized carbons (Fsp3) is 0.0909. The molecule has 0 aliphatic heterocycles. The van der Waals surface area contributed by atoms with Crippen LogP contribution in [0.1, 0.15) is 17.2 Å². The highest BCUT2D eigenvalue weighted by Crippen LogP contribution is 2.15. The highest BCUT2D eigenvalue weighted by molar-refractivity contribution is 5.42. The smallest absolute Gasteiger partial charge is 0.141 e. The van der Waals surface area contributed by atoms with Gasteiger partial charge in [0.05, 0.1) is 0 Å². The van der Waals surface area contributed by atoms with E-state index in [1.807, 2.05) is 6.07 Å². The van der Waals surface area contributed by atoms with Gasteiger partial charge in [0.15, 0.2) is 0 Å². The summed E-state index contributed by atoms with van der Waals surface area (Å²) < 4.78 is 0. The molecule has 1 heteroatoms. The number of aliphatic hydroxyl groups excluding tert-OH is 1. The van der Waals surface area contributed by atoms with Gasteiger partial charge in [-0.15, -0.1) is 12.8 Å². The predicted octanol–water partition coefficient (Wildman–Crippen LogP) is 1.33. The molecule has 1 aromatic carbocycles. The highest BCUT2D eigenvalue weighted by Gasteiger charge is 2.06. The molecule has 0 saturated carbocycles. The molecule has 0 bridgehead atoms. The molecule has 0 radical (unpaired) electrons. The zero-order valence-electron chi connectivity index (χ0n) is 6.49. The molecular formula is C11H8O. The van der Waals surface area contributed by atoms with Gasteiger partial charge in [-0.1, -0.05) is 30.0 Å². The average Bonchev–Trinajstić information content (AvgIpc) is 2.16. The van der Waals surface area contributed by atoms with Crippen molar-refractivity contribution < 1.29 is 5.11 Å². The van der Waals surface area contributed by atoms with Gasteiger partial charge in [-0.3, -0.25) is 0 Å². The zero-order chi connectivity index (χ0) is 8.97. The second-order valence-electron chi connectivity index (χ2n) is 2.30. The molecule has 0 fully saturated rings. The van der Waals surface area contributed by atoms with Crippen LogP contribution in [0.3, 0.4) is 0 Å². The van der Waals surface area contributed by atoms with E-state index in [-0.39, 0.29) is 0 Å². The largest absolute Gasteiger partial charge is 0.376 e. The van der Waals surface area contributed by atoms with Crippen LogP contribution in [-0.2, 0) is 0 Å². The SMILES string of the molecule is C#Cc1ccccc1C(O)C#C. The van der Waals surface area contributed by atoms with Crippen molar-refractivity contribution in [3.8, 4) is 24.7 Å². The number of aliphatic hydroxyl groups is 1. The first-order valence-corrected chi connectivity index (χ1v) is 3.49. The van der Waals surface area contributed by atoms with Gasteiger partial charge in [0, 0.05) is 11.1 Å². The lowest BCUT2D eigenvalue weighted by atomic mass is 10.0. The average molecular weight is 156 g/mol. The minimum atomic E-state index is -0.905. The predicted molar refractivity (Wildman–Crippen MR) is 48.2 cm³/mol. The second-order valence-corrected chi connectivity index (χ2v) is 2.30. The zero-order valence-corrected chi connectivity index (χ0v) is 6.49. The molecular weight excluding hydrogens is 148 g/mol. The van der Waals surface area contributed by atoms with Crippen LogP contribution < -0.4 is 0 Å². The Morgan fingerprint density at radius 1 is 1.25 bits per heavy atom. The Balaban J connectivity index is 3.18. The van der Waals surface area contributed by atoms with Crippen LogP contribution >= 0.6 is 0 Å². The maximum Gasteiger partial charge on any atom is 0.141 e. The van der Waals surface area contributed by atoms with Crippen molar-refractivity contribution >= 4 is 0 Å². The van der Waals surface area contributed by atoms with E-state index < -0.39 is 6.10 Å². The summed E-state index contributed by atoms with van der Waals surface area (Å²) in [5.41, 5.74) is 1.26. The minimum absolute atomic E-state index is 0.613. The molecule has 0 aliphatic rings. The molecule has 0 saturated heterocycles. The second kappa shape index (κ2) is 3.62. The summed E-state index contributed by atoms with van der Waals surface area (Å²) in [5.74, 6) is 4.67. The third kappa shape index (κ3) is 1.48. The first-order valence-electron chi connectivity index (χ1n) is 3.49. The monoisotopic (exact) mass is 156 g/mol. The van der Waals surface area contributed by atoms with Gasteiger partial charge >= 0.3 is 0 Å². The maximum absolute atomic E-state index is 9.31. The third-order valence-corrected chi connectivity index (χ3v) is 1.57. The number of terminal acetylenes is 2. The maximum atomic E-state index is 9.31. The number of hydrogen-bond acceptors (Lipinski definition) is 1. The lowest BCUT2D eigenvalue weighted by Crippen LogP contribution is -1.96. The van der Waals surface area contributed by atoms with Crippen molar-refractivity contribution in [2.24, 2.45) is 0 Å². The van der Waals surface area contributed by atoms with Crippen molar-refractivity contribution in [3.05, 3.63) is 35.4 Å². The van der Waals surface area contributed by atoms with Crippen LogP contribution in [0.5, 0.6) is 0 Å². The van der Waals surface area contributed by atoms with Gasteiger partial charge in [-0.05, 0) is 6.07 Å². The van der Waals surface area contributed by atoms with Gasteiger partial charge < -0.3 is 5.11 Å². The summed E-state index contributed by atoms with van der Waals surface area (Å²) in [7, 11) is 0. The molecule has 1 rings (SSSR count). The van der Waals surface area contributed by atoms with E-state index >= 15 is 0 Å². The van der Waals surface area contributed by atoms with E-state index in [4.69, 9.17) is 12.8 Å². The minimum Gasteiger partial charge on any atom is -0.376 e. The Kier molecular flexibility index (Phi) is 2.53. The summed E-state index contributed by atoms with van der Waals surface area (Å²) in [4.78, 5) is 0. The van der Waals surface area contributed by atoms with Crippen LogP contribution in [0.2, 0.25) is 0 Å². The Hall–Kier alpha value is -1.70. The van der Waals surface area contributed by atoms with E-state index in [0.29, 0.717) is 11.1 Å². The Bertz CT molecular complexity index is 352. The third-order valence-electron chi connectivity index (χ3n) is 1.57. The molecule has 1 aromatic rings. The van der Waals surface area contributed by atoms with Gasteiger partial charge in [0.1, 0.15) is 6.10 Å². The van der Waals surface area contributed by atoms with Gasteiger partial charge in [0.2, 0.25) is 0 Å². The van der Waals surface area contributed by atoms with Crippen LogP contribution in [0.4, 0.5) is 0 Å². The molecule has 0 heterocycles. The standard InChI is InChI=1S/C11H8O/c1-3-9-7-5-6-8-10(9)11(12)4-2/h1-2,5-8,11-12H. The van der Waals surface area contributed by atoms with Crippen molar-refractivity contribution in [2.45, 2.75) is 6.10 Å². The molecule has 0 spiro atoms. The topological polar surface area (TPSA) is 20.2 Å². The van der Waals surface area contributed by atoms with E-state index in [1.54, 1.807) is 18.2 Å². The molecule has 1 atom stereocenters. The summed E-state index contributed by atoms with van der Waals surface area (Å²) in [6.07, 6.45) is 9.37. The van der Waals surface area contributed by atoms with E-state index in [0.717, 1.165) is 0 Å². The molecule has 58 valence electrons. The molecule has 0 amide bonds. The molecule has 0 aromatic heterocycles. The molecule has 1 N–H and O–H groups in total. The van der Waals surface area contributed by atoms with E-state index in [2.05, 4.69) is 11.8 Å². The van der Waals surface area contributed by atoms with Crippen LogP contribution in [0.25, 0.3) is 0 Å². The summed E-state index contributed by atoms with van der Waals surface area (Å²) in [6, 6.07) is 7.06. The van der Waals surface area contributed by atoms with Gasteiger partial charge in [-0.25, -0.2) is 0 Å². The Morgan fingerprint density at radius 3 is 2.50 bits per heavy atom. The van der Waals surface area contributed by atoms with E-state index in [1.165, 1.54) is 0 Å². The first kappa shape index (κ1) is 8.40. The summed E-state index contributed by atoms with van der Waals surface area (Å²) in [6.45, 7) is 0. The summed E-state index contributed by atoms with van der Waals surface area (Å²) in [5, 5.41) is 9.31. The van der Waals surface area contributed by atoms with Crippen molar-refractivity contribution in [1.82, 2.24) is 0 Å². The lowest BCUT2D eigenvalue weighted by molar-refractivity contribution is 0.238. The van der Waals surface area contributed by atoms with Crippen LogP contribution in [0.15, 0.2) is 24.3 Å². The quantitative estimate of drug-likeness (QED) is 0.608. The van der Waals surface area contributed by atoms with Crippen molar-refractivity contribution in [1.29, 1.82) is 0 Å². The van der Waals surface area contributed by atoms with E-state index in [9.17, 15) is 5.11 Å². The normalized spacial score (nSPS) is 11.2. The van der Waals surface area contributed by atoms with Crippen LogP contribution in [0, 0.1) is 24.7 Å².